The predicted molar refractivity (Wildman–Crippen MR) is 83.5 cm³/mol. The summed E-state index contributed by atoms with van der Waals surface area (Å²) in [6.07, 6.45) is 0.725. The molecular weight excluding hydrogens is 320 g/mol. The number of nitrogens with two attached hydrogens (primary N) is 1. The van der Waals surface area contributed by atoms with Crippen molar-refractivity contribution in [3.8, 4) is 0 Å². The standard InChI is InChI=1S/C15H21BrN2O2/c1-10(2)8-15(3,9-17)18-14(20)13(19)11-4-6-12(16)7-5-11/h4-7,10H,8-9,17H2,1-3H3,(H,18,20). The first kappa shape index (κ1) is 16.9. The maximum absolute atomic E-state index is 12.1. The largest absolute Gasteiger partial charge is 0.343 e. The second kappa shape index (κ2) is 6.99. The van der Waals surface area contributed by atoms with Gasteiger partial charge in [0.15, 0.2) is 0 Å². The SMILES string of the molecule is CC(C)CC(C)(CN)NC(=O)C(=O)c1ccc(Br)cc1. The fraction of sp³-hybridized carbons (Fsp3) is 0.467. The Morgan fingerprint density at radius 3 is 2.30 bits per heavy atom. The summed E-state index contributed by atoms with van der Waals surface area (Å²) in [6.45, 7) is 6.26. The van der Waals surface area contributed by atoms with Crippen molar-refractivity contribution in [2.45, 2.75) is 32.7 Å². The molecule has 0 radical (unpaired) electrons. The van der Waals surface area contributed by atoms with Gasteiger partial charge in [-0.25, -0.2) is 0 Å². The van der Waals surface area contributed by atoms with Gasteiger partial charge in [-0.3, -0.25) is 9.59 Å². The first-order valence-corrected chi connectivity index (χ1v) is 7.39. The van der Waals surface area contributed by atoms with Gasteiger partial charge < -0.3 is 11.1 Å². The van der Waals surface area contributed by atoms with E-state index in [1.807, 2.05) is 6.92 Å². The molecule has 0 aliphatic heterocycles. The van der Waals surface area contributed by atoms with Gasteiger partial charge in [0, 0.05) is 16.6 Å². The van der Waals surface area contributed by atoms with Crippen LogP contribution in [-0.2, 0) is 4.79 Å². The number of carbonyl (C=O) groups excluding carboxylic acids is 2. The number of halogens is 1. The molecule has 5 heteroatoms. The lowest BCUT2D eigenvalue weighted by Crippen LogP contribution is -2.54. The smallest absolute Gasteiger partial charge is 0.292 e. The van der Waals surface area contributed by atoms with Gasteiger partial charge in [0.1, 0.15) is 0 Å². The van der Waals surface area contributed by atoms with E-state index in [2.05, 4.69) is 35.1 Å². The Morgan fingerprint density at radius 1 is 1.30 bits per heavy atom. The molecule has 0 fully saturated rings. The summed E-state index contributed by atoms with van der Waals surface area (Å²) in [5, 5.41) is 2.76. The van der Waals surface area contributed by atoms with Gasteiger partial charge in [-0.05, 0) is 43.5 Å². The quantitative estimate of drug-likeness (QED) is 0.617. The number of rotatable bonds is 6. The van der Waals surface area contributed by atoms with Crippen molar-refractivity contribution in [3.05, 3.63) is 34.3 Å². The van der Waals surface area contributed by atoms with Crippen molar-refractivity contribution in [3.63, 3.8) is 0 Å². The summed E-state index contributed by atoms with van der Waals surface area (Å²) in [5.74, 6) is -0.770. The maximum Gasteiger partial charge on any atom is 0.292 e. The summed E-state index contributed by atoms with van der Waals surface area (Å²) in [4.78, 5) is 24.1. The van der Waals surface area contributed by atoms with Crippen LogP contribution in [0.15, 0.2) is 28.7 Å². The van der Waals surface area contributed by atoms with Gasteiger partial charge in [0.05, 0.1) is 5.54 Å². The van der Waals surface area contributed by atoms with Crippen LogP contribution in [0.25, 0.3) is 0 Å². The molecule has 0 saturated carbocycles. The van der Waals surface area contributed by atoms with Crippen LogP contribution in [0, 0.1) is 5.92 Å². The van der Waals surface area contributed by atoms with Gasteiger partial charge >= 0.3 is 0 Å². The zero-order chi connectivity index (χ0) is 15.3. The molecule has 1 atom stereocenters. The molecule has 110 valence electrons. The zero-order valence-electron chi connectivity index (χ0n) is 12.1. The van der Waals surface area contributed by atoms with Gasteiger partial charge in [-0.1, -0.05) is 29.8 Å². The number of nitrogens with one attached hydrogen (secondary N) is 1. The molecule has 0 aliphatic carbocycles. The van der Waals surface area contributed by atoms with Crippen molar-refractivity contribution in [1.29, 1.82) is 0 Å². The second-order valence-corrected chi connectivity index (χ2v) is 6.57. The van der Waals surface area contributed by atoms with E-state index in [9.17, 15) is 9.59 Å². The maximum atomic E-state index is 12.1. The third-order valence-electron chi connectivity index (χ3n) is 3.04. The minimum atomic E-state index is -0.610. The van der Waals surface area contributed by atoms with Crippen LogP contribution < -0.4 is 11.1 Å². The van der Waals surface area contributed by atoms with E-state index < -0.39 is 17.2 Å². The molecule has 1 unspecified atom stereocenters. The number of amides is 1. The zero-order valence-corrected chi connectivity index (χ0v) is 13.7. The van der Waals surface area contributed by atoms with Crippen molar-refractivity contribution < 1.29 is 9.59 Å². The molecular formula is C15H21BrN2O2. The molecule has 1 amide bonds. The topological polar surface area (TPSA) is 72.2 Å². The highest BCUT2D eigenvalue weighted by Gasteiger charge is 2.28. The Balaban J connectivity index is 2.79. The Hall–Kier alpha value is -1.20. The number of hydrogen-bond donors (Lipinski definition) is 2. The summed E-state index contributed by atoms with van der Waals surface area (Å²) >= 11 is 3.29. The van der Waals surface area contributed by atoms with Crippen molar-refractivity contribution in [2.75, 3.05) is 6.54 Å². The molecule has 1 aromatic rings. The lowest BCUT2D eigenvalue weighted by molar-refractivity contribution is -0.118. The van der Waals surface area contributed by atoms with Crippen molar-refractivity contribution >= 4 is 27.6 Å². The van der Waals surface area contributed by atoms with E-state index >= 15 is 0 Å². The van der Waals surface area contributed by atoms with Gasteiger partial charge in [0.2, 0.25) is 5.78 Å². The number of ketones is 1. The minimum absolute atomic E-state index is 0.296. The van der Waals surface area contributed by atoms with Crippen LogP contribution in [0.1, 0.15) is 37.6 Å². The highest BCUT2D eigenvalue weighted by molar-refractivity contribution is 9.10. The molecule has 4 nitrogen and oxygen atoms in total. The minimum Gasteiger partial charge on any atom is -0.343 e. The molecule has 0 spiro atoms. The van der Waals surface area contributed by atoms with Crippen molar-refractivity contribution in [2.24, 2.45) is 11.7 Å². The van der Waals surface area contributed by atoms with E-state index in [1.54, 1.807) is 24.3 Å². The monoisotopic (exact) mass is 340 g/mol. The molecule has 1 aromatic carbocycles. The molecule has 1 rings (SSSR count). The van der Waals surface area contributed by atoms with E-state index in [1.165, 1.54) is 0 Å². The first-order valence-electron chi connectivity index (χ1n) is 6.60. The summed E-state index contributed by atoms with van der Waals surface area (Å²) in [6, 6.07) is 6.70. The van der Waals surface area contributed by atoms with Crippen LogP contribution in [0.2, 0.25) is 0 Å². The van der Waals surface area contributed by atoms with E-state index in [0.717, 1.165) is 10.9 Å². The predicted octanol–water partition coefficient (Wildman–Crippen LogP) is 2.51. The highest BCUT2D eigenvalue weighted by atomic mass is 79.9. The summed E-state index contributed by atoms with van der Waals surface area (Å²) < 4.78 is 0.862. The molecule has 3 N–H and O–H groups in total. The Kier molecular flexibility index (Phi) is 5.89. The second-order valence-electron chi connectivity index (χ2n) is 5.65. The number of Topliss-reactive ketones (excluding diaryl/α,β-unsaturated/α-hetero) is 1. The Labute approximate surface area is 128 Å². The molecule has 0 saturated heterocycles. The van der Waals surface area contributed by atoms with Crippen LogP contribution in [0.5, 0.6) is 0 Å². The Morgan fingerprint density at radius 2 is 1.85 bits per heavy atom. The fourth-order valence-electron chi connectivity index (χ4n) is 2.15. The normalized spacial score (nSPS) is 13.9. The number of benzene rings is 1. The highest BCUT2D eigenvalue weighted by Crippen LogP contribution is 2.16. The molecule has 20 heavy (non-hydrogen) atoms. The van der Waals surface area contributed by atoms with E-state index in [0.29, 0.717) is 18.0 Å². The number of hydrogen-bond acceptors (Lipinski definition) is 3. The number of carbonyl (C=O) groups is 2. The average molecular weight is 341 g/mol. The molecule has 0 heterocycles. The Bertz CT molecular complexity index is 485. The first-order chi connectivity index (χ1) is 9.27. The van der Waals surface area contributed by atoms with Gasteiger partial charge in [0.25, 0.3) is 5.91 Å². The summed E-state index contributed by atoms with van der Waals surface area (Å²) in [7, 11) is 0. The molecule has 0 aliphatic rings. The lowest BCUT2D eigenvalue weighted by atomic mass is 9.90. The van der Waals surface area contributed by atoms with Crippen molar-refractivity contribution in [1.82, 2.24) is 5.32 Å². The van der Waals surface area contributed by atoms with Gasteiger partial charge in [-0.15, -0.1) is 0 Å². The summed E-state index contributed by atoms with van der Waals surface area (Å²) in [5.41, 5.74) is 5.54. The molecule has 0 bridgehead atoms. The van der Waals surface area contributed by atoms with Crippen LogP contribution in [0.4, 0.5) is 0 Å². The third kappa shape index (κ3) is 4.72. The third-order valence-corrected chi connectivity index (χ3v) is 3.57. The van der Waals surface area contributed by atoms with Crippen LogP contribution in [0.3, 0.4) is 0 Å². The average Bonchev–Trinajstić information content (AvgIpc) is 2.37. The van der Waals surface area contributed by atoms with Crippen LogP contribution >= 0.6 is 15.9 Å². The van der Waals surface area contributed by atoms with Crippen LogP contribution in [-0.4, -0.2) is 23.8 Å². The lowest BCUT2D eigenvalue weighted by Gasteiger charge is -2.30. The fourth-order valence-corrected chi connectivity index (χ4v) is 2.41. The van der Waals surface area contributed by atoms with Gasteiger partial charge in [-0.2, -0.15) is 0 Å². The van der Waals surface area contributed by atoms with E-state index in [-0.39, 0.29) is 0 Å². The van der Waals surface area contributed by atoms with E-state index in [4.69, 9.17) is 5.73 Å². The molecule has 0 aromatic heterocycles.